The molecule has 0 aliphatic heterocycles. The molecular weight excluding hydrogens is 252 g/mol. The maximum absolute atomic E-state index is 10.8. The second-order valence-corrected chi connectivity index (χ2v) is 3.10. The van der Waals surface area contributed by atoms with Gasteiger partial charge in [-0.3, -0.25) is 0 Å². The van der Waals surface area contributed by atoms with Gasteiger partial charge in [-0.1, -0.05) is 15.9 Å². The number of fused-ring (bicyclic) bond motifs is 1. The number of rotatable bonds is 1. The van der Waals surface area contributed by atoms with Gasteiger partial charge < -0.3 is 5.11 Å². The predicted molar refractivity (Wildman–Crippen MR) is 51.4 cm³/mol. The molecule has 0 unspecified atom stereocenters. The van der Waals surface area contributed by atoms with E-state index in [0.717, 1.165) is 4.68 Å². The third kappa shape index (κ3) is 1.25. The molecule has 0 atom stereocenters. The Kier molecular flexibility index (Phi) is 2.16. The fraction of sp³-hybridized carbons (Fsp3) is 0.143. The van der Waals surface area contributed by atoms with E-state index in [9.17, 15) is 4.79 Å². The van der Waals surface area contributed by atoms with Crippen LogP contribution < -0.4 is 0 Å². The van der Waals surface area contributed by atoms with Gasteiger partial charge in [0, 0.05) is 10.7 Å². The first-order valence-electron chi connectivity index (χ1n) is 3.72. The van der Waals surface area contributed by atoms with E-state index in [4.69, 9.17) is 5.11 Å². The van der Waals surface area contributed by atoms with Crippen LogP contribution in [0.5, 0.6) is 0 Å². The van der Waals surface area contributed by atoms with Crippen molar-refractivity contribution < 1.29 is 9.90 Å². The Balaban J connectivity index is 2.80. The second-order valence-electron chi connectivity index (χ2n) is 2.54. The van der Waals surface area contributed by atoms with Crippen LogP contribution in [-0.4, -0.2) is 31.2 Å². The average molecular weight is 257 g/mol. The quantitative estimate of drug-likeness (QED) is 0.777. The molecule has 1 N–H and O–H groups in total. The molecule has 7 heteroatoms. The summed E-state index contributed by atoms with van der Waals surface area (Å²) in [5.41, 5.74) is 0.895. The van der Waals surface area contributed by atoms with Gasteiger partial charge in [0.1, 0.15) is 0 Å². The first-order valence-corrected chi connectivity index (χ1v) is 4.84. The van der Waals surface area contributed by atoms with Crippen molar-refractivity contribution in [3.8, 4) is 0 Å². The zero-order valence-electron chi connectivity index (χ0n) is 6.88. The first kappa shape index (κ1) is 9.07. The summed E-state index contributed by atoms with van der Waals surface area (Å²) in [7, 11) is 0. The van der Waals surface area contributed by atoms with Crippen LogP contribution in [-0.2, 0) is 5.33 Å². The molecule has 0 aliphatic carbocycles. The molecule has 0 fully saturated rings. The van der Waals surface area contributed by atoms with Gasteiger partial charge in [-0.2, -0.15) is 10.2 Å². The van der Waals surface area contributed by atoms with Crippen molar-refractivity contribution in [1.29, 1.82) is 0 Å². The Morgan fingerprint density at radius 1 is 1.64 bits per heavy atom. The van der Waals surface area contributed by atoms with Crippen molar-refractivity contribution in [2.45, 2.75) is 5.33 Å². The van der Waals surface area contributed by atoms with Crippen LogP contribution in [0.2, 0.25) is 0 Å². The van der Waals surface area contributed by atoms with Gasteiger partial charge in [0.15, 0.2) is 5.65 Å². The molecule has 0 amide bonds. The Morgan fingerprint density at radius 2 is 2.43 bits per heavy atom. The molecule has 72 valence electrons. The van der Waals surface area contributed by atoms with Crippen LogP contribution in [0.25, 0.3) is 11.0 Å². The summed E-state index contributed by atoms with van der Waals surface area (Å²) >= 11 is 3.22. The van der Waals surface area contributed by atoms with E-state index in [1.54, 1.807) is 6.07 Å². The minimum atomic E-state index is -1.16. The summed E-state index contributed by atoms with van der Waals surface area (Å²) in [6.45, 7) is 0. The lowest BCUT2D eigenvalue weighted by Gasteiger charge is -1.90. The zero-order chi connectivity index (χ0) is 10.1. The van der Waals surface area contributed by atoms with E-state index < -0.39 is 6.09 Å². The van der Waals surface area contributed by atoms with E-state index in [1.807, 2.05) is 0 Å². The maximum atomic E-state index is 10.8. The number of hydrogen-bond acceptors (Lipinski definition) is 4. The van der Waals surface area contributed by atoms with Crippen LogP contribution in [0.4, 0.5) is 4.79 Å². The topological polar surface area (TPSA) is 80.9 Å². The second kappa shape index (κ2) is 3.33. The van der Waals surface area contributed by atoms with Gasteiger partial charge in [-0.25, -0.2) is 4.79 Å². The molecule has 0 aliphatic rings. The molecule has 2 rings (SSSR count). The van der Waals surface area contributed by atoms with Crippen LogP contribution in [0.3, 0.4) is 0 Å². The molecule has 0 spiro atoms. The molecule has 14 heavy (non-hydrogen) atoms. The Morgan fingerprint density at radius 3 is 3.07 bits per heavy atom. The summed E-state index contributed by atoms with van der Waals surface area (Å²) in [4.78, 5) is 10.8. The third-order valence-electron chi connectivity index (χ3n) is 1.74. The molecule has 0 radical (unpaired) electrons. The molecule has 0 saturated carbocycles. The summed E-state index contributed by atoms with van der Waals surface area (Å²) < 4.78 is 0.818. The van der Waals surface area contributed by atoms with Gasteiger partial charge in [0.05, 0.1) is 11.9 Å². The molecule has 2 heterocycles. The number of hydrogen-bond donors (Lipinski definition) is 1. The maximum Gasteiger partial charge on any atom is 0.434 e. The predicted octanol–water partition coefficient (Wildman–Crippen LogP) is 1.25. The number of nitrogens with zero attached hydrogens (tertiary/aromatic N) is 4. The molecular formula is C7H5BrN4O2. The molecule has 0 saturated heterocycles. The van der Waals surface area contributed by atoms with Gasteiger partial charge in [-0.15, -0.1) is 9.78 Å². The zero-order valence-corrected chi connectivity index (χ0v) is 8.47. The van der Waals surface area contributed by atoms with Gasteiger partial charge in [-0.05, 0) is 6.07 Å². The first-order chi connectivity index (χ1) is 6.74. The van der Waals surface area contributed by atoms with E-state index in [-0.39, 0.29) is 5.65 Å². The molecule has 0 bridgehead atoms. The smallest absolute Gasteiger partial charge is 0.434 e. The Labute approximate surface area is 86.7 Å². The van der Waals surface area contributed by atoms with Crippen molar-refractivity contribution >= 4 is 33.1 Å². The van der Waals surface area contributed by atoms with Crippen molar-refractivity contribution in [3.05, 3.63) is 18.0 Å². The summed E-state index contributed by atoms with van der Waals surface area (Å²) in [6.07, 6.45) is 0.338. The minimum Gasteiger partial charge on any atom is -0.463 e. The Bertz CT molecular complexity index is 495. The standard InChI is InChI=1S/C7H5BrN4O2/c8-3-5-4-1-2-9-10-6(4)12(11-5)7(13)14/h1-2H,3H2,(H,13,14). The van der Waals surface area contributed by atoms with E-state index in [1.165, 1.54) is 6.20 Å². The highest BCUT2D eigenvalue weighted by Gasteiger charge is 2.14. The van der Waals surface area contributed by atoms with Crippen LogP contribution >= 0.6 is 15.9 Å². The van der Waals surface area contributed by atoms with E-state index >= 15 is 0 Å². The highest BCUT2D eigenvalue weighted by atomic mass is 79.9. The number of alkyl halides is 1. The van der Waals surface area contributed by atoms with Crippen molar-refractivity contribution in [3.63, 3.8) is 0 Å². The number of carboxylic acid groups (broad SMARTS) is 1. The number of aromatic nitrogens is 4. The minimum absolute atomic E-state index is 0.259. The van der Waals surface area contributed by atoms with Crippen molar-refractivity contribution in [2.24, 2.45) is 0 Å². The van der Waals surface area contributed by atoms with Crippen LogP contribution in [0.1, 0.15) is 5.69 Å². The highest BCUT2D eigenvalue weighted by Crippen LogP contribution is 2.17. The molecule has 0 aromatic carbocycles. The summed E-state index contributed by atoms with van der Waals surface area (Å²) in [6, 6.07) is 1.69. The monoisotopic (exact) mass is 256 g/mol. The lowest BCUT2D eigenvalue weighted by molar-refractivity contribution is 0.193. The largest absolute Gasteiger partial charge is 0.463 e. The lowest BCUT2D eigenvalue weighted by Crippen LogP contribution is -2.10. The summed E-state index contributed by atoms with van der Waals surface area (Å²) in [5.74, 6) is 0. The molecule has 2 aromatic rings. The SMILES string of the molecule is O=C(O)n1nc(CBr)c2ccnnc21. The van der Waals surface area contributed by atoms with Gasteiger partial charge >= 0.3 is 6.09 Å². The van der Waals surface area contributed by atoms with Gasteiger partial charge in [0.25, 0.3) is 0 Å². The van der Waals surface area contributed by atoms with Crippen LogP contribution in [0, 0.1) is 0 Å². The van der Waals surface area contributed by atoms with Crippen LogP contribution in [0.15, 0.2) is 12.3 Å². The van der Waals surface area contributed by atoms with Crippen molar-refractivity contribution in [2.75, 3.05) is 0 Å². The lowest BCUT2D eigenvalue weighted by atomic mass is 10.3. The van der Waals surface area contributed by atoms with E-state index in [0.29, 0.717) is 16.4 Å². The highest BCUT2D eigenvalue weighted by molar-refractivity contribution is 9.08. The normalized spacial score (nSPS) is 10.6. The molecule has 6 nitrogen and oxygen atoms in total. The van der Waals surface area contributed by atoms with Crippen molar-refractivity contribution in [1.82, 2.24) is 20.0 Å². The van der Waals surface area contributed by atoms with E-state index in [2.05, 4.69) is 31.2 Å². The third-order valence-corrected chi connectivity index (χ3v) is 2.27. The number of carbonyl (C=O) groups is 1. The Hall–Kier alpha value is -1.50. The number of halogens is 1. The average Bonchev–Trinajstić information content (AvgIpc) is 2.56. The molecule has 2 aromatic heterocycles. The summed E-state index contributed by atoms with van der Waals surface area (Å²) in [5, 5.41) is 21.2. The fourth-order valence-corrected chi connectivity index (χ4v) is 1.57. The van der Waals surface area contributed by atoms with Gasteiger partial charge in [0.2, 0.25) is 0 Å². The fourth-order valence-electron chi connectivity index (χ4n) is 1.16.